The summed E-state index contributed by atoms with van der Waals surface area (Å²) in [4.78, 5) is 0. The molecule has 0 unspecified atom stereocenters. The summed E-state index contributed by atoms with van der Waals surface area (Å²) in [6.07, 6.45) is -0.541. The van der Waals surface area contributed by atoms with Gasteiger partial charge >= 0.3 is 0 Å². The predicted octanol–water partition coefficient (Wildman–Crippen LogP) is -0.930. The lowest BCUT2D eigenvalue weighted by molar-refractivity contribution is -0.0484. The molecule has 0 saturated carbocycles. The lowest BCUT2D eigenvalue weighted by Crippen LogP contribution is -2.03. The normalized spacial score (nSPS) is 10.3. The summed E-state index contributed by atoms with van der Waals surface area (Å²) in [6, 6.07) is 0. The molecule has 3 heteroatoms. The molecule has 0 radical (unpaired) electrons. The molecule has 0 aromatic carbocycles. The van der Waals surface area contributed by atoms with Crippen molar-refractivity contribution in [3.05, 3.63) is 0 Å². The summed E-state index contributed by atoms with van der Waals surface area (Å²) in [5.41, 5.74) is 0. The second kappa shape index (κ2) is 4.05. The van der Waals surface area contributed by atoms with Crippen LogP contribution in [-0.4, -0.2) is 28.2 Å². The molecule has 0 aliphatic rings. The largest absolute Gasteiger partial charge is 0.396 e. The Morgan fingerprint density at radius 3 is 2.00 bits per heavy atom. The first-order chi connectivity index (χ1) is 3.27. The van der Waals surface area contributed by atoms with Crippen molar-refractivity contribution < 1.29 is 15.3 Å². The highest BCUT2D eigenvalue weighted by molar-refractivity contribution is 4.36. The van der Waals surface area contributed by atoms with Gasteiger partial charge in [0, 0.05) is 13.0 Å². The fourth-order valence-corrected chi connectivity index (χ4v) is 0.274. The van der Waals surface area contributed by atoms with E-state index in [1.165, 1.54) is 0 Å². The summed E-state index contributed by atoms with van der Waals surface area (Å²) >= 11 is 0. The van der Waals surface area contributed by atoms with E-state index in [0.29, 0.717) is 6.42 Å². The van der Waals surface area contributed by atoms with Gasteiger partial charge in [0.25, 0.3) is 0 Å². The van der Waals surface area contributed by atoms with E-state index in [0.717, 1.165) is 0 Å². The summed E-state index contributed by atoms with van der Waals surface area (Å²) in [5.74, 6) is 0. The lowest BCUT2D eigenvalue weighted by Gasteiger charge is -1.97. The standard InChI is InChI=1S/C4H10O3/c5-3-1-2-4(6)7/h4-7H,1-3H2. The van der Waals surface area contributed by atoms with Crippen molar-refractivity contribution in [2.75, 3.05) is 6.61 Å². The number of hydrogen-bond acceptors (Lipinski definition) is 3. The molecule has 44 valence electrons. The van der Waals surface area contributed by atoms with Gasteiger partial charge in [0.2, 0.25) is 0 Å². The maximum absolute atomic E-state index is 8.13. The van der Waals surface area contributed by atoms with Crippen LogP contribution in [0, 0.1) is 0 Å². The van der Waals surface area contributed by atoms with Gasteiger partial charge in [0.05, 0.1) is 0 Å². The summed E-state index contributed by atoms with van der Waals surface area (Å²) in [7, 11) is 0. The summed E-state index contributed by atoms with van der Waals surface area (Å²) in [5, 5.41) is 24.3. The zero-order valence-corrected chi connectivity index (χ0v) is 4.04. The van der Waals surface area contributed by atoms with Crippen LogP contribution in [0.5, 0.6) is 0 Å². The maximum Gasteiger partial charge on any atom is 0.151 e. The molecule has 0 aliphatic heterocycles. The molecule has 0 spiro atoms. The van der Waals surface area contributed by atoms with Crippen LogP contribution in [0.15, 0.2) is 0 Å². The van der Waals surface area contributed by atoms with Crippen LogP contribution in [0.1, 0.15) is 12.8 Å². The second-order valence-corrected chi connectivity index (χ2v) is 1.35. The van der Waals surface area contributed by atoms with Crippen molar-refractivity contribution in [3.8, 4) is 0 Å². The molecule has 0 atom stereocenters. The minimum Gasteiger partial charge on any atom is -0.396 e. The van der Waals surface area contributed by atoms with Gasteiger partial charge in [0.15, 0.2) is 6.29 Å². The average Bonchev–Trinajstić information content (AvgIpc) is 1.61. The molecule has 0 heterocycles. The first-order valence-electron chi connectivity index (χ1n) is 2.24. The molecule has 0 aliphatic carbocycles. The molecule has 0 aromatic rings. The van der Waals surface area contributed by atoms with Crippen LogP contribution < -0.4 is 0 Å². The highest BCUT2D eigenvalue weighted by Gasteiger charge is 1.92. The van der Waals surface area contributed by atoms with E-state index in [4.69, 9.17) is 15.3 Å². The third-order valence-corrected chi connectivity index (χ3v) is 0.620. The Bertz CT molecular complexity index is 35.9. The van der Waals surface area contributed by atoms with E-state index in [1.54, 1.807) is 0 Å². The first-order valence-corrected chi connectivity index (χ1v) is 2.24. The smallest absolute Gasteiger partial charge is 0.151 e. The quantitative estimate of drug-likeness (QED) is 0.407. The van der Waals surface area contributed by atoms with E-state index < -0.39 is 6.29 Å². The predicted molar refractivity (Wildman–Crippen MR) is 24.5 cm³/mol. The van der Waals surface area contributed by atoms with Crippen LogP contribution >= 0.6 is 0 Å². The van der Waals surface area contributed by atoms with Crippen LogP contribution in [0.4, 0.5) is 0 Å². The van der Waals surface area contributed by atoms with Crippen molar-refractivity contribution in [2.45, 2.75) is 19.1 Å². The summed E-state index contributed by atoms with van der Waals surface area (Å²) < 4.78 is 0. The monoisotopic (exact) mass is 106 g/mol. The van der Waals surface area contributed by atoms with Gasteiger partial charge < -0.3 is 15.3 Å². The van der Waals surface area contributed by atoms with E-state index >= 15 is 0 Å². The Balaban J connectivity index is 2.68. The third-order valence-electron chi connectivity index (χ3n) is 0.620. The van der Waals surface area contributed by atoms with Gasteiger partial charge in [0.1, 0.15) is 0 Å². The minimum absolute atomic E-state index is 0.0254. The molecule has 3 N–H and O–H groups in total. The van der Waals surface area contributed by atoms with E-state index in [-0.39, 0.29) is 13.0 Å². The van der Waals surface area contributed by atoms with Gasteiger partial charge in [-0.25, -0.2) is 0 Å². The zero-order valence-electron chi connectivity index (χ0n) is 4.04. The molecular formula is C4H10O3. The van der Waals surface area contributed by atoms with Gasteiger partial charge in [-0.3, -0.25) is 0 Å². The maximum atomic E-state index is 8.13. The average molecular weight is 106 g/mol. The van der Waals surface area contributed by atoms with E-state index in [9.17, 15) is 0 Å². The van der Waals surface area contributed by atoms with E-state index in [2.05, 4.69) is 0 Å². The number of aliphatic hydroxyl groups is 3. The van der Waals surface area contributed by atoms with Crippen molar-refractivity contribution in [1.82, 2.24) is 0 Å². The number of hydrogen-bond donors (Lipinski definition) is 3. The SMILES string of the molecule is OCCCC(O)O. The Labute approximate surface area is 42.2 Å². The zero-order chi connectivity index (χ0) is 5.70. The van der Waals surface area contributed by atoms with Crippen molar-refractivity contribution in [3.63, 3.8) is 0 Å². The molecule has 0 amide bonds. The molecule has 0 aromatic heterocycles. The van der Waals surface area contributed by atoms with Crippen LogP contribution in [-0.2, 0) is 0 Å². The van der Waals surface area contributed by atoms with Gasteiger partial charge in [-0.1, -0.05) is 0 Å². The Hall–Kier alpha value is -0.120. The van der Waals surface area contributed by atoms with E-state index in [1.807, 2.05) is 0 Å². The minimum atomic E-state index is -1.26. The van der Waals surface area contributed by atoms with Crippen LogP contribution in [0.3, 0.4) is 0 Å². The highest BCUT2D eigenvalue weighted by Crippen LogP contribution is 1.89. The molecule has 0 saturated heterocycles. The second-order valence-electron chi connectivity index (χ2n) is 1.35. The molecule has 3 nitrogen and oxygen atoms in total. The Morgan fingerprint density at radius 2 is 1.86 bits per heavy atom. The number of aliphatic hydroxyl groups excluding tert-OH is 2. The molecule has 0 bridgehead atoms. The highest BCUT2D eigenvalue weighted by atomic mass is 16.5. The molecule has 0 rings (SSSR count). The van der Waals surface area contributed by atoms with Crippen molar-refractivity contribution in [1.29, 1.82) is 0 Å². The summed E-state index contributed by atoms with van der Waals surface area (Å²) in [6.45, 7) is 0.0254. The first kappa shape index (κ1) is 6.88. The van der Waals surface area contributed by atoms with Crippen molar-refractivity contribution in [2.24, 2.45) is 0 Å². The van der Waals surface area contributed by atoms with Gasteiger partial charge in [-0.2, -0.15) is 0 Å². The Kier molecular flexibility index (Phi) is 3.98. The fourth-order valence-electron chi connectivity index (χ4n) is 0.274. The van der Waals surface area contributed by atoms with Crippen LogP contribution in [0.2, 0.25) is 0 Å². The van der Waals surface area contributed by atoms with Gasteiger partial charge in [-0.15, -0.1) is 0 Å². The molecule has 0 fully saturated rings. The van der Waals surface area contributed by atoms with Crippen molar-refractivity contribution >= 4 is 0 Å². The molecule has 7 heavy (non-hydrogen) atoms. The topological polar surface area (TPSA) is 60.7 Å². The third kappa shape index (κ3) is 5.88. The lowest BCUT2D eigenvalue weighted by atomic mass is 10.3. The Morgan fingerprint density at radius 1 is 1.29 bits per heavy atom. The molecular weight excluding hydrogens is 96.0 g/mol. The van der Waals surface area contributed by atoms with Crippen LogP contribution in [0.25, 0.3) is 0 Å². The van der Waals surface area contributed by atoms with Gasteiger partial charge in [-0.05, 0) is 6.42 Å². The number of rotatable bonds is 3. The fraction of sp³-hybridized carbons (Fsp3) is 1.00.